The van der Waals surface area contributed by atoms with Gasteiger partial charge in [-0.25, -0.2) is 4.98 Å². The van der Waals surface area contributed by atoms with Gasteiger partial charge in [-0.15, -0.1) is 11.3 Å². The van der Waals surface area contributed by atoms with Crippen molar-refractivity contribution in [2.75, 3.05) is 39.8 Å². The number of nitrogens with one attached hydrogen (secondary N) is 1. The largest absolute Gasteiger partial charge is 0.469 e. The summed E-state index contributed by atoms with van der Waals surface area (Å²) in [7, 11) is 1.41. The van der Waals surface area contributed by atoms with Crippen LogP contribution in [0.5, 0.6) is 0 Å². The molecular formula is C18H24N4O2S2. The van der Waals surface area contributed by atoms with E-state index in [0.717, 1.165) is 49.8 Å². The number of ether oxygens (including phenoxy) is 1. The fourth-order valence-electron chi connectivity index (χ4n) is 2.93. The molecule has 26 heavy (non-hydrogen) atoms. The molecule has 0 unspecified atom stereocenters. The third-order valence-electron chi connectivity index (χ3n) is 4.42. The summed E-state index contributed by atoms with van der Waals surface area (Å²) < 4.78 is 5.88. The van der Waals surface area contributed by atoms with Gasteiger partial charge >= 0.3 is 5.97 Å². The van der Waals surface area contributed by atoms with E-state index in [-0.39, 0.29) is 5.97 Å². The van der Waals surface area contributed by atoms with Crippen molar-refractivity contribution < 1.29 is 9.53 Å². The molecule has 0 saturated carbocycles. The van der Waals surface area contributed by atoms with Gasteiger partial charge in [0.05, 0.1) is 23.9 Å². The van der Waals surface area contributed by atoms with E-state index in [2.05, 4.69) is 38.1 Å². The van der Waals surface area contributed by atoms with Gasteiger partial charge in [-0.2, -0.15) is 0 Å². The molecule has 1 aliphatic rings. The van der Waals surface area contributed by atoms with Crippen molar-refractivity contribution in [2.45, 2.75) is 19.4 Å². The first-order valence-corrected chi connectivity index (χ1v) is 10.0. The Balaban J connectivity index is 1.39. The second-order valence-electron chi connectivity index (χ2n) is 6.25. The summed E-state index contributed by atoms with van der Waals surface area (Å²) in [6.45, 7) is 5.35. The lowest BCUT2D eigenvalue weighted by Gasteiger charge is -2.35. The van der Waals surface area contributed by atoms with Gasteiger partial charge < -0.3 is 15.0 Å². The summed E-state index contributed by atoms with van der Waals surface area (Å²) in [6.07, 6.45) is 1.15. The molecule has 8 heteroatoms. The molecular weight excluding hydrogens is 368 g/mol. The lowest BCUT2D eigenvalue weighted by Crippen LogP contribution is -2.51. The summed E-state index contributed by atoms with van der Waals surface area (Å²) in [5, 5.41) is 5.18. The van der Waals surface area contributed by atoms with Crippen LogP contribution in [0.4, 0.5) is 0 Å². The highest BCUT2D eigenvalue weighted by Crippen LogP contribution is 2.22. The number of piperazine rings is 1. The molecule has 2 aromatic rings. The number of methoxy groups -OCH3 is 1. The molecule has 1 aliphatic heterocycles. The van der Waals surface area contributed by atoms with E-state index in [9.17, 15) is 4.79 Å². The molecule has 3 rings (SSSR count). The lowest BCUT2D eigenvalue weighted by atomic mass is 10.3. The minimum Gasteiger partial charge on any atom is -0.469 e. The smallest absolute Gasteiger partial charge is 0.305 e. The summed E-state index contributed by atoms with van der Waals surface area (Å²) in [5.74, 6) is -0.179. The number of rotatable bonds is 6. The van der Waals surface area contributed by atoms with Crippen LogP contribution in [0.25, 0.3) is 10.2 Å². The van der Waals surface area contributed by atoms with Gasteiger partial charge in [0.15, 0.2) is 5.11 Å². The van der Waals surface area contributed by atoms with Crippen LogP contribution in [0.15, 0.2) is 24.3 Å². The highest BCUT2D eigenvalue weighted by Gasteiger charge is 2.19. The summed E-state index contributed by atoms with van der Waals surface area (Å²) >= 11 is 7.24. The number of fused-ring (bicyclic) bond motifs is 1. The number of carbonyl (C=O) groups is 1. The molecule has 140 valence electrons. The SMILES string of the molecule is COC(=O)CCCNC(=S)N1CCN(Cc2nc3ccccc3s2)CC1. The first kappa shape index (κ1) is 19.0. The molecule has 0 radical (unpaired) electrons. The number of nitrogens with zero attached hydrogens (tertiary/aromatic N) is 3. The van der Waals surface area contributed by atoms with Crippen molar-refractivity contribution in [3.05, 3.63) is 29.3 Å². The van der Waals surface area contributed by atoms with Crippen LogP contribution in [0.1, 0.15) is 17.8 Å². The molecule has 1 saturated heterocycles. The Kier molecular flexibility index (Phi) is 6.76. The van der Waals surface area contributed by atoms with Crippen LogP contribution < -0.4 is 5.32 Å². The number of hydrogen-bond donors (Lipinski definition) is 1. The third-order valence-corrected chi connectivity index (χ3v) is 5.84. The Labute approximate surface area is 163 Å². The first-order chi connectivity index (χ1) is 12.7. The van der Waals surface area contributed by atoms with Gasteiger partial charge in [0, 0.05) is 39.1 Å². The number of hydrogen-bond acceptors (Lipinski definition) is 6. The molecule has 6 nitrogen and oxygen atoms in total. The number of para-hydroxylation sites is 1. The highest BCUT2D eigenvalue weighted by molar-refractivity contribution is 7.80. The zero-order valence-electron chi connectivity index (χ0n) is 14.9. The number of benzene rings is 1. The zero-order valence-corrected chi connectivity index (χ0v) is 16.6. The first-order valence-electron chi connectivity index (χ1n) is 8.82. The van der Waals surface area contributed by atoms with Crippen LogP contribution in [-0.4, -0.2) is 65.7 Å². The van der Waals surface area contributed by atoms with Crippen LogP contribution >= 0.6 is 23.6 Å². The Morgan fingerprint density at radius 1 is 1.31 bits per heavy atom. The van der Waals surface area contributed by atoms with Gasteiger partial charge in [-0.05, 0) is 30.8 Å². The number of thiocarbonyl (C=S) groups is 1. The fraction of sp³-hybridized carbons (Fsp3) is 0.500. The maximum atomic E-state index is 11.1. The van der Waals surface area contributed by atoms with Crippen molar-refractivity contribution in [1.29, 1.82) is 0 Å². The standard InChI is InChI=1S/C18H24N4O2S2/c1-24-17(23)7-4-8-19-18(25)22-11-9-21(10-12-22)13-16-20-14-5-2-3-6-15(14)26-16/h2-3,5-6H,4,7-13H2,1H3,(H,19,25). The minimum absolute atomic E-state index is 0.179. The minimum atomic E-state index is -0.179. The van der Waals surface area contributed by atoms with Crippen LogP contribution in [0, 0.1) is 0 Å². The van der Waals surface area contributed by atoms with E-state index in [1.54, 1.807) is 11.3 Å². The van der Waals surface area contributed by atoms with E-state index in [1.807, 2.05) is 6.07 Å². The number of aromatic nitrogens is 1. The van der Waals surface area contributed by atoms with Crippen molar-refractivity contribution >= 4 is 44.9 Å². The molecule has 0 amide bonds. The molecule has 1 N–H and O–H groups in total. The maximum absolute atomic E-state index is 11.1. The molecule has 0 atom stereocenters. The quantitative estimate of drug-likeness (QED) is 0.460. The monoisotopic (exact) mass is 392 g/mol. The topological polar surface area (TPSA) is 57.7 Å². The molecule has 1 aromatic carbocycles. The second kappa shape index (κ2) is 9.25. The van der Waals surface area contributed by atoms with Gasteiger partial charge in [-0.3, -0.25) is 9.69 Å². The van der Waals surface area contributed by atoms with Crippen LogP contribution in [-0.2, 0) is 16.1 Å². The van der Waals surface area contributed by atoms with Crippen LogP contribution in [0.3, 0.4) is 0 Å². The van der Waals surface area contributed by atoms with Crippen molar-refractivity contribution in [2.24, 2.45) is 0 Å². The molecule has 0 bridgehead atoms. The van der Waals surface area contributed by atoms with Crippen molar-refractivity contribution in [3.63, 3.8) is 0 Å². The number of thiazole rings is 1. The molecule has 0 aliphatic carbocycles. The van der Waals surface area contributed by atoms with Crippen LogP contribution in [0.2, 0.25) is 0 Å². The van der Waals surface area contributed by atoms with Crippen molar-refractivity contribution in [3.8, 4) is 0 Å². The summed E-state index contributed by atoms with van der Waals surface area (Å²) in [6, 6.07) is 8.28. The van der Waals surface area contributed by atoms with E-state index in [4.69, 9.17) is 17.2 Å². The van der Waals surface area contributed by atoms with Crippen molar-refractivity contribution in [1.82, 2.24) is 20.1 Å². The predicted octanol–water partition coefficient (Wildman–Crippen LogP) is 2.24. The van der Waals surface area contributed by atoms with Gasteiger partial charge in [0.25, 0.3) is 0 Å². The Bertz CT molecular complexity index is 723. The third kappa shape index (κ3) is 5.12. The van der Waals surface area contributed by atoms with E-state index < -0.39 is 0 Å². The zero-order chi connectivity index (χ0) is 18.4. The van der Waals surface area contributed by atoms with E-state index >= 15 is 0 Å². The average Bonchev–Trinajstić information content (AvgIpc) is 3.07. The normalized spacial score (nSPS) is 15.2. The van der Waals surface area contributed by atoms with E-state index in [1.165, 1.54) is 16.8 Å². The Morgan fingerprint density at radius 3 is 2.81 bits per heavy atom. The predicted molar refractivity (Wildman–Crippen MR) is 108 cm³/mol. The summed E-state index contributed by atoms with van der Waals surface area (Å²) in [5.41, 5.74) is 1.09. The fourth-order valence-corrected chi connectivity index (χ4v) is 4.22. The molecule has 0 spiro atoms. The summed E-state index contributed by atoms with van der Waals surface area (Å²) in [4.78, 5) is 20.4. The lowest BCUT2D eigenvalue weighted by molar-refractivity contribution is -0.140. The number of carbonyl (C=O) groups excluding carboxylic acids is 1. The second-order valence-corrected chi connectivity index (χ2v) is 7.75. The Morgan fingerprint density at radius 2 is 2.08 bits per heavy atom. The Hall–Kier alpha value is -1.77. The van der Waals surface area contributed by atoms with Gasteiger partial charge in [0.1, 0.15) is 5.01 Å². The molecule has 2 heterocycles. The molecule has 1 aromatic heterocycles. The van der Waals surface area contributed by atoms with Gasteiger partial charge in [0.2, 0.25) is 0 Å². The van der Waals surface area contributed by atoms with Gasteiger partial charge in [-0.1, -0.05) is 12.1 Å². The average molecular weight is 393 g/mol. The van der Waals surface area contributed by atoms with E-state index in [0.29, 0.717) is 13.0 Å². The highest BCUT2D eigenvalue weighted by atomic mass is 32.1. The number of esters is 1. The molecule has 1 fully saturated rings. The maximum Gasteiger partial charge on any atom is 0.305 e.